The van der Waals surface area contributed by atoms with E-state index >= 15 is 0 Å². The first-order valence-corrected chi connectivity index (χ1v) is 8.16. The Morgan fingerprint density at radius 1 is 1.27 bits per heavy atom. The summed E-state index contributed by atoms with van der Waals surface area (Å²) in [7, 11) is 3.17. The quantitative estimate of drug-likeness (QED) is 0.735. The molecule has 5 nitrogen and oxygen atoms in total. The number of ether oxygens (including phenoxy) is 2. The largest absolute Gasteiger partial charge is 0.493 e. The fourth-order valence-corrected chi connectivity index (χ4v) is 3.05. The average Bonchev–Trinajstić information content (AvgIpc) is 2.54. The third kappa shape index (κ3) is 3.93. The number of nitrogens with one attached hydrogen (secondary N) is 1. The van der Waals surface area contributed by atoms with Gasteiger partial charge in [-0.05, 0) is 46.5 Å². The maximum atomic E-state index is 12.4. The Bertz CT molecular complexity index is 508. The average molecular weight is 373 g/mol. The molecule has 22 heavy (non-hydrogen) atoms. The van der Waals surface area contributed by atoms with Crippen molar-refractivity contribution in [3.05, 3.63) is 22.2 Å². The first kappa shape index (κ1) is 18.8. The van der Waals surface area contributed by atoms with E-state index in [1.165, 1.54) is 0 Å². The van der Waals surface area contributed by atoms with Crippen molar-refractivity contribution in [2.75, 3.05) is 20.8 Å². The lowest BCUT2D eigenvalue weighted by Crippen LogP contribution is -2.45. The molecule has 0 radical (unpaired) electrons. The van der Waals surface area contributed by atoms with Gasteiger partial charge in [-0.25, -0.2) is 0 Å². The first-order valence-electron chi connectivity index (χ1n) is 7.36. The maximum Gasteiger partial charge on any atom is 0.227 e. The number of hydrogen-bond acceptors (Lipinski definition) is 4. The number of rotatable bonds is 8. The summed E-state index contributed by atoms with van der Waals surface area (Å²) in [6.45, 7) is 4.74. The molecular formula is C16H25BrN2O3. The zero-order valence-electron chi connectivity index (χ0n) is 13.7. The molecule has 0 aliphatic carbocycles. The lowest BCUT2D eigenvalue weighted by Gasteiger charge is -2.28. The molecule has 0 fully saturated rings. The van der Waals surface area contributed by atoms with Crippen molar-refractivity contribution in [3.63, 3.8) is 0 Å². The molecule has 1 amide bonds. The number of nitrogens with two attached hydrogens (primary N) is 1. The second kappa shape index (κ2) is 8.39. The second-order valence-electron chi connectivity index (χ2n) is 5.19. The molecule has 6 heteroatoms. The van der Waals surface area contributed by atoms with Crippen molar-refractivity contribution in [2.24, 2.45) is 11.1 Å². The zero-order valence-corrected chi connectivity index (χ0v) is 15.2. The van der Waals surface area contributed by atoms with Crippen LogP contribution in [0.3, 0.4) is 0 Å². The summed E-state index contributed by atoms with van der Waals surface area (Å²) in [4.78, 5) is 12.4. The van der Waals surface area contributed by atoms with Gasteiger partial charge in [-0.2, -0.15) is 0 Å². The molecule has 0 unspecified atom stereocenters. The molecule has 0 bridgehead atoms. The standard InChI is InChI=1S/C16H25BrN2O3/c1-5-16(6-2,10-18)15(20)19-9-11-7-12(17)14(22-4)13(8-11)21-3/h7-8H,5-6,9-10,18H2,1-4H3,(H,19,20). The van der Waals surface area contributed by atoms with Gasteiger partial charge in [0.15, 0.2) is 11.5 Å². The van der Waals surface area contributed by atoms with Crippen LogP contribution in [0.5, 0.6) is 11.5 Å². The van der Waals surface area contributed by atoms with E-state index in [9.17, 15) is 4.79 Å². The first-order chi connectivity index (χ1) is 10.5. The molecule has 1 aromatic rings. The van der Waals surface area contributed by atoms with Crippen LogP contribution in [0.2, 0.25) is 0 Å². The summed E-state index contributed by atoms with van der Waals surface area (Å²) in [5.74, 6) is 1.25. The molecule has 3 N–H and O–H groups in total. The molecule has 1 aromatic carbocycles. The van der Waals surface area contributed by atoms with Crippen LogP contribution in [0.15, 0.2) is 16.6 Å². The molecule has 0 aliphatic heterocycles. The van der Waals surface area contributed by atoms with E-state index < -0.39 is 5.41 Å². The Balaban J connectivity index is 2.88. The van der Waals surface area contributed by atoms with Crippen LogP contribution in [0.1, 0.15) is 32.3 Å². The van der Waals surface area contributed by atoms with Crippen molar-refractivity contribution >= 4 is 21.8 Å². The van der Waals surface area contributed by atoms with Gasteiger partial charge in [0.2, 0.25) is 5.91 Å². The number of hydrogen-bond donors (Lipinski definition) is 2. The smallest absolute Gasteiger partial charge is 0.227 e. The van der Waals surface area contributed by atoms with Gasteiger partial charge in [-0.3, -0.25) is 4.79 Å². The van der Waals surface area contributed by atoms with Crippen LogP contribution in [0.4, 0.5) is 0 Å². The summed E-state index contributed by atoms with van der Waals surface area (Å²) in [5, 5.41) is 2.97. The van der Waals surface area contributed by atoms with Crippen molar-refractivity contribution in [1.29, 1.82) is 0 Å². The van der Waals surface area contributed by atoms with Crippen LogP contribution >= 0.6 is 15.9 Å². The minimum Gasteiger partial charge on any atom is -0.493 e. The maximum absolute atomic E-state index is 12.4. The number of methoxy groups -OCH3 is 2. The highest BCUT2D eigenvalue weighted by Crippen LogP contribution is 2.36. The molecule has 0 saturated heterocycles. The van der Waals surface area contributed by atoms with Gasteiger partial charge in [0.05, 0.1) is 24.1 Å². The molecule has 124 valence electrons. The fraction of sp³-hybridized carbons (Fsp3) is 0.562. The predicted octanol–water partition coefficient (Wildman–Crippen LogP) is 2.85. The molecular weight excluding hydrogens is 348 g/mol. The van der Waals surface area contributed by atoms with Crippen LogP contribution in [0.25, 0.3) is 0 Å². The van der Waals surface area contributed by atoms with Crippen LogP contribution in [0, 0.1) is 5.41 Å². The Hall–Kier alpha value is -1.27. The summed E-state index contributed by atoms with van der Waals surface area (Å²) in [5.41, 5.74) is 6.24. The second-order valence-corrected chi connectivity index (χ2v) is 6.04. The minimum atomic E-state index is -0.492. The topological polar surface area (TPSA) is 73.6 Å². The van der Waals surface area contributed by atoms with E-state index in [0.717, 1.165) is 22.9 Å². The van der Waals surface area contributed by atoms with Gasteiger partial charge >= 0.3 is 0 Å². The van der Waals surface area contributed by atoms with E-state index in [1.807, 2.05) is 26.0 Å². The fourth-order valence-electron chi connectivity index (χ4n) is 2.40. The predicted molar refractivity (Wildman–Crippen MR) is 91.2 cm³/mol. The van der Waals surface area contributed by atoms with Crippen molar-refractivity contribution in [3.8, 4) is 11.5 Å². The Morgan fingerprint density at radius 2 is 1.91 bits per heavy atom. The number of amides is 1. The van der Waals surface area contributed by atoms with Crippen molar-refractivity contribution in [1.82, 2.24) is 5.32 Å². The van der Waals surface area contributed by atoms with E-state index in [1.54, 1.807) is 14.2 Å². The number of halogens is 1. The van der Waals surface area contributed by atoms with E-state index in [-0.39, 0.29) is 5.91 Å². The van der Waals surface area contributed by atoms with Gasteiger partial charge in [0.25, 0.3) is 0 Å². The number of carbonyl (C=O) groups is 1. The highest BCUT2D eigenvalue weighted by molar-refractivity contribution is 9.10. The van der Waals surface area contributed by atoms with Crippen molar-refractivity contribution in [2.45, 2.75) is 33.2 Å². The van der Waals surface area contributed by atoms with E-state index in [2.05, 4.69) is 21.2 Å². The van der Waals surface area contributed by atoms with Crippen LogP contribution < -0.4 is 20.5 Å². The number of carbonyl (C=O) groups excluding carboxylic acids is 1. The van der Waals surface area contributed by atoms with Crippen LogP contribution in [-0.4, -0.2) is 26.7 Å². The van der Waals surface area contributed by atoms with Crippen LogP contribution in [-0.2, 0) is 11.3 Å². The third-order valence-corrected chi connectivity index (χ3v) is 4.76. The normalized spacial score (nSPS) is 11.2. The summed E-state index contributed by atoms with van der Waals surface area (Å²) in [6.07, 6.45) is 1.45. The van der Waals surface area contributed by atoms with Gasteiger partial charge in [-0.1, -0.05) is 13.8 Å². The third-order valence-electron chi connectivity index (χ3n) is 4.17. The summed E-state index contributed by atoms with van der Waals surface area (Å²) in [6, 6.07) is 3.76. The molecule has 0 aromatic heterocycles. The van der Waals surface area contributed by atoms with Gasteiger partial charge in [-0.15, -0.1) is 0 Å². The number of benzene rings is 1. The lowest BCUT2D eigenvalue weighted by atomic mass is 9.81. The minimum absolute atomic E-state index is 0.00842. The molecule has 0 aliphatic rings. The highest BCUT2D eigenvalue weighted by Gasteiger charge is 2.33. The Morgan fingerprint density at radius 3 is 2.36 bits per heavy atom. The molecule has 0 heterocycles. The Labute approximate surface area is 140 Å². The van der Waals surface area contributed by atoms with Gasteiger partial charge in [0.1, 0.15) is 0 Å². The van der Waals surface area contributed by atoms with E-state index in [0.29, 0.717) is 24.6 Å². The SMILES string of the molecule is CCC(CC)(CN)C(=O)NCc1cc(Br)c(OC)c(OC)c1. The lowest BCUT2D eigenvalue weighted by molar-refractivity contribution is -0.131. The molecule has 0 saturated carbocycles. The highest BCUT2D eigenvalue weighted by atomic mass is 79.9. The zero-order chi connectivity index (χ0) is 16.8. The Kier molecular flexibility index (Phi) is 7.16. The van der Waals surface area contributed by atoms with Gasteiger partial charge in [0, 0.05) is 13.1 Å². The van der Waals surface area contributed by atoms with E-state index in [4.69, 9.17) is 15.2 Å². The van der Waals surface area contributed by atoms with Gasteiger partial charge < -0.3 is 20.5 Å². The summed E-state index contributed by atoms with van der Waals surface area (Å²) >= 11 is 3.45. The molecule has 0 atom stereocenters. The van der Waals surface area contributed by atoms with Crippen molar-refractivity contribution < 1.29 is 14.3 Å². The molecule has 1 rings (SSSR count). The summed E-state index contributed by atoms with van der Waals surface area (Å²) < 4.78 is 11.4. The monoisotopic (exact) mass is 372 g/mol. The molecule has 0 spiro atoms.